The maximum atomic E-state index is 13.9. The number of aromatic nitrogens is 4. The Labute approximate surface area is 175 Å². The van der Waals surface area contributed by atoms with E-state index in [9.17, 15) is 14.5 Å². The highest BCUT2D eigenvalue weighted by Gasteiger charge is 2.29. The summed E-state index contributed by atoms with van der Waals surface area (Å²) >= 11 is 0. The van der Waals surface area contributed by atoms with Crippen molar-refractivity contribution >= 4 is 28.2 Å². The number of hydrogen-bond donors (Lipinski definition) is 1. The topological polar surface area (TPSA) is 108 Å². The lowest BCUT2D eigenvalue weighted by molar-refractivity contribution is -0.387. The van der Waals surface area contributed by atoms with Crippen LogP contribution in [0.25, 0.3) is 16.7 Å². The van der Waals surface area contributed by atoms with E-state index in [1.807, 2.05) is 18.2 Å². The second-order valence-corrected chi connectivity index (χ2v) is 7.21. The molecule has 156 valence electrons. The Morgan fingerprint density at radius 1 is 1.26 bits per heavy atom. The maximum absolute atomic E-state index is 13.9. The summed E-state index contributed by atoms with van der Waals surface area (Å²) in [7, 11) is 1.35. The van der Waals surface area contributed by atoms with Crippen molar-refractivity contribution in [3.8, 4) is 11.6 Å². The molecule has 1 N–H and O–H groups in total. The van der Waals surface area contributed by atoms with Crippen molar-refractivity contribution in [1.82, 2.24) is 19.7 Å². The number of anilines is 2. The summed E-state index contributed by atoms with van der Waals surface area (Å²) in [4.78, 5) is 19.0. The summed E-state index contributed by atoms with van der Waals surface area (Å²) in [5.74, 6) is 0.283. The van der Waals surface area contributed by atoms with E-state index in [2.05, 4.69) is 21.4 Å². The molecule has 1 aliphatic carbocycles. The van der Waals surface area contributed by atoms with Gasteiger partial charge in [0.2, 0.25) is 11.8 Å². The lowest BCUT2D eigenvalue weighted by atomic mass is 10.1. The number of benzene rings is 2. The quantitative estimate of drug-likeness (QED) is 0.362. The molecule has 1 fully saturated rings. The number of nitrogens with one attached hydrogen (secondary N) is 1. The zero-order valence-corrected chi connectivity index (χ0v) is 16.4. The summed E-state index contributed by atoms with van der Waals surface area (Å²) in [6.45, 7) is 0. The molecule has 0 unspecified atom stereocenters. The predicted octanol–water partition coefficient (Wildman–Crippen LogP) is 4.49. The fourth-order valence-corrected chi connectivity index (χ4v) is 3.52. The Morgan fingerprint density at radius 2 is 2.06 bits per heavy atom. The first kappa shape index (κ1) is 18.9. The highest BCUT2D eigenvalue weighted by molar-refractivity contribution is 5.84. The summed E-state index contributed by atoms with van der Waals surface area (Å²) in [5, 5.41) is 19.9. The van der Waals surface area contributed by atoms with Crippen LogP contribution in [0.1, 0.15) is 24.5 Å². The SMILES string of the molecule is COc1cc(F)c([N+](=O)[O-])cc1Nc1nccc(-n2nc(C3CC3)c3ccccc32)n1. The zero-order valence-electron chi connectivity index (χ0n) is 16.4. The van der Waals surface area contributed by atoms with E-state index < -0.39 is 16.4 Å². The molecule has 0 radical (unpaired) electrons. The lowest BCUT2D eigenvalue weighted by Crippen LogP contribution is -2.05. The molecule has 1 aliphatic rings. The largest absolute Gasteiger partial charge is 0.494 e. The minimum absolute atomic E-state index is 0.0951. The number of para-hydroxylation sites is 1. The number of nitrogens with zero attached hydrogens (tertiary/aromatic N) is 5. The molecule has 4 aromatic rings. The van der Waals surface area contributed by atoms with Crippen LogP contribution in [0.15, 0.2) is 48.7 Å². The Balaban J connectivity index is 1.55. The first-order chi connectivity index (χ1) is 15.0. The molecule has 10 heteroatoms. The van der Waals surface area contributed by atoms with E-state index >= 15 is 0 Å². The van der Waals surface area contributed by atoms with E-state index in [0.717, 1.165) is 41.6 Å². The van der Waals surface area contributed by atoms with Crippen molar-refractivity contribution in [2.24, 2.45) is 0 Å². The standard InChI is InChI=1S/C21H17FN6O3/c1-31-18-10-14(22)17(28(29)30)11-15(18)24-21-23-9-8-19(25-21)27-16-5-3-2-4-13(16)20(26-27)12-6-7-12/h2-5,8-12H,6-7H2,1H3,(H,23,24,25). The van der Waals surface area contributed by atoms with Crippen LogP contribution in [0.3, 0.4) is 0 Å². The third-order valence-corrected chi connectivity index (χ3v) is 5.15. The van der Waals surface area contributed by atoms with Crippen LogP contribution in [0.5, 0.6) is 5.75 Å². The molecule has 31 heavy (non-hydrogen) atoms. The number of ether oxygens (including phenoxy) is 1. The van der Waals surface area contributed by atoms with Gasteiger partial charge in [-0.05, 0) is 18.9 Å². The average molecular weight is 420 g/mol. The van der Waals surface area contributed by atoms with Gasteiger partial charge in [0.05, 0.1) is 28.9 Å². The molecule has 0 atom stereocenters. The molecule has 0 amide bonds. The van der Waals surface area contributed by atoms with E-state index in [-0.39, 0.29) is 17.4 Å². The van der Waals surface area contributed by atoms with Gasteiger partial charge in [-0.1, -0.05) is 18.2 Å². The first-order valence-electron chi connectivity index (χ1n) is 9.65. The van der Waals surface area contributed by atoms with E-state index in [1.54, 1.807) is 16.9 Å². The third-order valence-electron chi connectivity index (χ3n) is 5.15. The van der Waals surface area contributed by atoms with E-state index in [0.29, 0.717) is 11.7 Å². The first-order valence-corrected chi connectivity index (χ1v) is 9.65. The number of methoxy groups -OCH3 is 1. The number of fused-ring (bicyclic) bond motifs is 1. The number of halogens is 1. The van der Waals surface area contributed by atoms with Crippen molar-refractivity contribution in [3.63, 3.8) is 0 Å². The summed E-state index contributed by atoms with van der Waals surface area (Å²) in [5.41, 5.74) is 1.49. The Morgan fingerprint density at radius 3 is 2.81 bits per heavy atom. The van der Waals surface area contributed by atoms with Gasteiger partial charge in [-0.15, -0.1) is 0 Å². The Kier molecular flexibility index (Phi) is 4.46. The molecular weight excluding hydrogens is 403 g/mol. The van der Waals surface area contributed by atoms with Gasteiger partial charge >= 0.3 is 5.69 Å². The van der Waals surface area contributed by atoms with Crippen molar-refractivity contribution in [3.05, 3.63) is 70.3 Å². The molecular formula is C21H17FN6O3. The minimum Gasteiger partial charge on any atom is -0.494 e. The average Bonchev–Trinajstić information content (AvgIpc) is 3.54. The number of hydrogen-bond acceptors (Lipinski definition) is 7. The van der Waals surface area contributed by atoms with Crippen LogP contribution >= 0.6 is 0 Å². The number of rotatable bonds is 6. The van der Waals surface area contributed by atoms with Crippen LogP contribution in [0.4, 0.5) is 21.7 Å². The van der Waals surface area contributed by atoms with Crippen LogP contribution in [0, 0.1) is 15.9 Å². The molecule has 9 nitrogen and oxygen atoms in total. The van der Waals surface area contributed by atoms with Crippen LogP contribution in [-0.4, -0.2) is 31.8 Å². The van der Waals surface area contributed by atoms with Gasteiger partial charge in [0.15, 0.2) is 5.82 Å². The Hall–Kier alpha value is -4.08. The van der Waals surface area contributed by atoms with Crippen molar-refractivity contribution < 1.29 is 14.1 Å². The Bertz CT molecular complexity index is 1320. The normalized spacial score (nSPS) is 13.4. The van der Waals surface area contributed by atoms with Crippen LogP contribution < -0.4 is 10.1 Å². The minimum atomic E-state index is -0.988. The van der Waals surface area contributed by atoms with Gasteiger partial charge in [-0.25, -0.2) is 9.67 Å². The highest BCUT2D eigenvalue weighted by atomic mass is 19.1. The second kappa shape index (κ2) is 7.31. The van der Waals surface area contributed by atoms with Crippen molar-refractivity contribution in [2.45, 2.75) is 18.8 Å². The fraction of sp³-hybridized carbons (Fsp3) is 0.190. The molecule has 1 saturated carbocycles. The molecule has 0 bridgehead atoms. The van der Waals surface area contributed by atoms with E-state index in [4.69, 9.17) is 9.84 Å². The molecule has 0 saturated heterocycles. The van der Waals surface area contributed by atoms with Gasteiger partial charge in [0.25, 0.3) is 0 Å². The van der Waals surface area contributed by atoms with Gasteiger partial charge < -0.3 is 10.1 Å². The van der Waals surface area contributed by atoms with Crippen molar-refractivity contribution in [1.29, 1.82) is 0 Å². The molecule has 0 aliphatic heterocycles. The van der Waals surface area contributed by atoms with Gasteiger partial charge in [0, 0.05) is 35.7 Å². The summed E-state index contributed by atoms with van der Waals surface area (Å²) in [6, 6.07) is 11.7. The maximum Gasteiger partial charge on any atom is 0.307 e. The molecule has 2 heterocycles. The van der Waals surface area contributed by atoms with Crippen molar-refractivity contribution in [2.75, 3.05) is 12.4 Å². The van der Waals surface area contributed by atoms with Crippen LogP contribution in [0.2, 0.25) is 0 Å². The van der Waals surface area contributed by atoms with Crippen LogP contribution in [-0.2, 0) is 0 Å². The highest BCUT2D eigenvalue weighted by Crippen LogP contribution is 2.42. The summed E-state index contributed by atoms with van der Waals surface area (Å²) in [6.07, 6.45) is 3.81. The third kappa shape index (κ3) is 3.41. The van der Waals surface area contributed by atoms with Gasteiger partial charge in [-0.2, -0.15) is 14.5 Å². The number of nitro groups is 1. The fourth-order valence-electron chi connectivity index (χ4n) is 3.52. The lowest BCUT2D eigenvalue weighted by Gasteiger charge is -2.11. The summed E-state index contributed by atoms with van der Waals surface area (Å²) < 4.78 is 20.8. The molecule has 0 spiro atoms. The second-order valence-electron chi connectivity index (χ2n) is 7.21. The number of nitro benzene ring substituents is 1. The molecule has 2 aromatic heterocycles. The zero-order chi connectivity index (χ0) is 21.5. The van der Waals surface area contributed by atoms with E-state index in [1.165, 1.54) is 7.11 Å². The monoisotopic (exact) mass is 420 g/mol. The van der Waals surface area contributed by atoms with Gasteiger partial charge in [-0.3, -0.25) is 10.1 Å². The molecule has 5 rings (SSSR count). The molecule has 2 aromatic carbocycles. The van der Waals surface area contributed by atoms with Gasteiger partial charge in [0.1, 0.15) is 5.75 Å². The smallest absolute Gasteiger partial charge is 0.307 e. The predicted molar refractivity (Wildman–Crippen MR) is 112 cm³/mol.